The van der Waals surface area contributed by atoms with Crippen LogP contribution in [0.5, 0.6) is 0 Å². The van der Waals surface area contributed by atoms with Crippen molar-refractivity contribution in [1.29, 1.82) is 0 Å². The third-order valence-corrected chi connectivity index (χ3v) is 6.05. The Bertz CT molecular complexity index is 392. The zero-order chi connectivity index (χ0) is 12.5. The fourth-order valence-electron chi connectivity index (χ4n) is 3.19. The minimum atomic E-state index is -3.29. The summed E-state index contributed by atoms with van der Waals surface area (Å²) >= 11 is 4.73. The lowest BCUT2D eigenvalue weighted by atomic mass is 9.79. The lowest BCUT2D eigenvalue weighted by Gasteiger charge is -2.43. The Kier molecular flexibility index (Phi) is 4.05. The van der Waals surface area contributed by atoms with Crippen LogP contribution >= 0.6 is 12.2 Å². The van der Waals surface area contributed by atoms with E-state index in [9.17, 15) is 8.42 Å². The molecular formula is C11H20N2O2S2. The summed E-state index contributed by atoms with van der Waals surface area (Å²) in [7, 11) is -3.29. The Morgan fingerprint density at radius 3 is 2.59 bits per heavy atom. The van der Waals surface area contributed by atoms with Gasteiger partial charge >= 0.3 is 0 Å². The van der Waals surface area contributed by atoms with Gasteiger partial charge in [-0.2, -0.15) is 4.31 Å². The maximum absolute atomic E-state index is 12.2. The molecule has 0 bridgehead atoms. The van der Waals surface area contributed by atoms with E-state index in [1.165, 1.54) is 19.3 Å². The van der Waals surface area contributed by atoms with Crippen LogP contribution in [-0.2, 0) is 10.0 Å². The van der Waals surface area contributed by atoms with E-state index in [4.69, 9.17) is 18.0 Å². The summed E-state index contributed by atoms with van der Waals surface area (Å²) in [5.74, 6) is 0.379. The van der Waals surface area contributed by atoms with Crippen LogP contribution < -0.4 is 5.73 Å². The molecule has 2 aliphatic rings. The summed E-state index contributed by atoms with van der Waals surface area (Å²) in [5.41, 5.74) is 5.38. The van der Waals surface area contributed by atoms with Crippen LogP contribution in [0.25, 0.3) is 0 Å². The van der Waals surface area contributed by atoms with Gasteiger partial charge < -0.3 is 5.73 Å². The zero-order valence-corrected chi connectivity index (χ0v) is 11.6. The van der Waals surface area contributed by atoms with Gasteiger partial charge in [0.1, 0.15) is 5.75 Å². The molecule has 2 N–H and O–H groups in total. The van der Waals surface area contributed by atoms with Crippen molar-refractivity contribution in [3.05, 3.63) is 0 Å². The molecule has 1 aliphatic heterocycles. The molecule has 2 atom stereocenters. The van der Waals surface area contributed by atoms with Crippen LogP contribution in [0, 0.1) is 5.92 Å². The Hall–Kier alpha value is -0.200. The fraction of sp³-hybridized carbons (Fsp3) is 0.909. The number of hydrogen-bond acceptors (Lipinski definition) is 3. The van der Waals surface area contributed by atoms with Gasteiger partial charge in [0, 0.05) is 12.6 Å². The first kappa shape index (κ1) is 13.2. The molecule has 0 unspecified atom stereocenters. The molecule has 0 amide bonds. The molecule has 0 spiro atoms. The van der Waals surface area contributed by atoms with Gasteiger partial charge in [-0.15, -0.1) is 0 Å². The second-order valence-electron chi connectivity index (χ2n) is 5.09. The van der Waals surface area contributed by atoms with Gasteiger partial charge in [-0.3, -0.25) is 0 Å². The van der Waals surface area contributed by atoms with Gasteiger partial charge in [0.2, 0.25) is 10.0 Å². The number of hydrogen-bond donors (Lipinski definition) is 1. The highest BCUT2D eigenvalue weighted by Gasteiger charge is 2.39. The molecule has 6 heteroatoms. The average Bonchev–Trinajstić information content (AvgIpc) is 2.26. The number of piperidine rings is 1. The minimum Gasteiger partial charge on any atom is -0.392 e. The fourth-order valence-corrected chi connectivity index (χ4v) is 5.26. The Balaban J connectivity index is 2.15. The van der Waals surface area contributed by atoms with Gasteiger partial charge in [0.15, 0.2) is 0 Å². The normalized spacial score (nSPS) is 30.8. The van der Waals surface area contributed by atoms with Gasteiger partial charge in [0.05, 0.1) is 4.99 Å². The summed E-state index contributed by atoms with van der Waals surface area (Å²) < 4.78 is 26.1. The number of thiocarbonyl (C=S) groups is 1. The van der Waals surface area contributed by atoms with Gasteiger partial charge in [0.25, 0.3) is 0 Å². The second-order valence-corrected chi connectivity index (χ2v) is 7.53. The molecule has 1 saturated carbocycles. The summed E-state index contributed by atoms with van der Waals surface area (Å²) in [4.78, 5) is 0.0722. The predicted molar refractivity (Wildman–Crippen MR) is 72.3 cm³/mol. The van der Waals surface area contributed by atoms with E-state index in [0.717, 1.165) is 19.3 Å². The monoisotopic (exact) mass is 276 g/mol. The number of nitrogens with zero attached hydrogens (tertiary/aromatic N) is 1. The van der Waals surface area contributed by atoms with Crippen molar-refractivity contribution >= 4 is 27.2 Å². The van der Waals surface area contributed by atoms with Crippen LogP contribution in [0.1, 0.15) is 38.5 Å². The standard InChI is InChI=1S/C11H20N2O2S2/c12-11(16)8-17(14,15)13-7-3-5-9-4-1-2-6-10(9)13/h9-10H,1-8H2,(H2,12,16)/t9-,10-/m1/s1. The lowest BCUT2D eigenvalue weighted by Crippen LogP contribution is -2.51. The minimum absolute atomic E-state index is 0.0722. The van der Waals surface area contributed by atoms with Crippen molar-refractivity contribution in [2.75, 3.05) is 12.3 Å². The smallest absolute Gasteiger partial charge is 0.220 e. The van der Waals surface area contributed by atoms with Crippen molar-refractivity contribution in [3.8, 4) is 0 Å². The van der Waals surface area contributed by atoms with Crippen molar-refractivity contribution < 1.29 is 8.42 Å². The van der Waals surface area contributed by atoms with E-state index in [1.54, 1.807) is 4.31 Å². The molecule has 2 fully saturated rings. The van der Waals surface area contributed by atoms with Gasteiger partial charge in [-0.25, -0.2) is 8.42 Å². The molecule has 1 heterocycles. The molecule has 98 valence electrons. The largest absolute Gasteiger partial charge is 0.392 e. The van der Waals surface area contributed by atoms with Crippen LogP contribution in [0.3, 0.4) is 0 Å². The van der Waals surface area contributed by atoms with Gasteiger partial charge in [-0.05, 0) is 31.6 Å². The van der Waals surface area contributed by atoms with Crippen LogP contribution in [0.4, 0.5) is 0 Å². The maximum atomic E-state index is 12.2. The van der Waals surface area contributed by atoms with E-state index < -0.39 is 10.0 Å². The van der Waals surface area contributed by atoms with Crippen molar-refractivity contribution in [2.24, 2.45) is 11.7 Å². The SMILES string of the molecule is NC(=S)CS(=O)(=O)N1CCC[C@H]2CCCC[C@H]21. The number of rotatable bonds is 3. The highest BCUT2D eigenvalue weighted by molar-refractivity contribution is 7.92. The third kappa shape index (κ3) is 2.98. The highest BCUT2D eigenvalue weighted by atomic mass is 32.2. The highest BCUT2D eigenvalue weighted by Crippen LogP contribution is 2.36. The molecule has 0 aromatic rings. The second kappa shape index (κ2) is 5.20. The third-order valence-electron chi connectivity index (χ3n) is 3.87. The summed E-state index contributed by atoms with van der Waals surface area (Å²) in [6, 6.07) is 0.205. The molecule has 4 nitrogen and oxygen atoms in total. The van der Waals surface area contributed by atoms with E-state index in [-0.39, 0.29) is 16.8 Å². The van der Waals surface area contributed by atoms with Crippen LogP contribution in [0.2, 0.25) is 0 Å². The molecular weight excluding hydrogens is 256 g/mol. The lowest BCUT2D eigenvalue weighted by molar-refractivity contribution is 0.129. The quantitative estimate of drug-likeness (QED) is 0.788. The first-order valence-corrected chi connectivity index (χ1v) is 8.30. The molecule has 2 rings (SSSR count). The first-order chi connectivity index (χ1) is 8.00. The van der Waals surface area contributed by atoms with Gasteiger partial charge in [-0.1, -0.05) is 25.1 Å². The Morgan fingerprint density at radius 1 is 1.24 bits per heavy atom. The average molecular weight is 276 g/mol. The summed E-state index contributed by atoms with van der Waals surface area (Å²) in [5, 5.41) is 0. The molecule has 0 radical (unpaired) electrons. The summed E-state index contributed by atoms with van der Waals surface area (Å²) in [6.07, 6.45) is 6.69. The first-order valence-electron chi connectivity index (χ1n) is 6.28. The Morgan fingerprint density at radius 2 is 1.88 bits per heavy atom. The van der Waals surface area contributed by atoms with Crippen molar-refractivity contribution in [3.63, 3.8) is 0 Å². The van der Waals surface area contributed by atoms with E-state index in [1.807, 2.05) is 0 Å². The van der Waals surface area contributed by atoms with Crippen LogP contribution in [-0.4, -0.2) is 36.1 Å². The number of fused-ring (bicyclic) bond motifs is 1. The molecule has 1 saturated heterocycles. The molecule has 17 heavy (non-hydrogen) atoms. The molecule has 0 aromatic carbocycles. The maximum Gasteiger partial charge on any atom is 0.220 e. The van der Waals surface area contributed by atoms with Crippen LogP contribution in [0.15, 0.2) is 0 Å². The van der Waals surface area contributed by atoms with E-state index in [2.05, 4.69) is 0 Å². The van der Waals surface area contributed by atoms with E-state index >= 15 is 0 Å². The topological polar surface area (TPSA) is 63.4 Å². The number of sulfonamides is 1. The molecule has 1 aliphatic carbocycles. The predicted octanol–water partition coefficient (Wildman–Crippen LogP) is 1.26. The summed E-state index contributed by atoms with van der Waals surface area (Å²) in [6.45, 7) is 0.645. The molecule has 0 aromatic heterocycles. The zero-order valence-electron chi connectivity index (χ0n) is 9.97. The van der Waals surface area contributed by atoms with Crippen molar-refractivity contribution in [1.82, 2.24) is 4.31 Å². The Labute approximate surface area is 109 Å². The van der Waals surface area contributed by atoms with Crippen molar-refractivity contribution in [2.45, 2.75) is 44.6 Å². The number of nitrogens with two attached hydrogens (primary N) is 1. The van der Waals surface area contributed by atoms with E-state index in [0.29, 0.717) is 12.5 Å².